The van der Waals surface area contributed by atoms with E-state index >= 15 is 0 Å². The van der Waals surface area contributed by atoms with E-state index in [1.807, 2.05) is 48.2 Å². The van der Waals surface area contributed by atoms with Gasteiger partial charge < -0.3 is 15.1 Å². The summed E-state index contributed by atoms with van der Waals surface area (Å²) >= 11 is 18.9. The van der Waals surface area contributed by atoms with Gasteiger partial charge in [-0.15, -0.1) is 0 Å². The van der Waals surface area contributed by atoms with Crippen LogP contribution in [0.15, 0.2) is 42.5 Å². The molecule has 1 aliphatic heterocycles. The average Bonchev–Trinajstić information content (AvgIpc) is 2.74. The van der Waals surface area contributed by atoms with Crippen LogP contribution in [-0.4, -0.2) is 48.6 Å². The summed E-state index contributed by atoms with van der Waals surface area (Å²) in [5.74, 6) is 0.0415. The van der Waals surface area contributed by atoms with Crippen LogP contribution in [0.1, 0.15) is 36.8 Å². The first kappa shape index (κ1) is 23.2. The first-order valence-corrected chi connectivity index (χ1v) is 11.4. The number of piperidine rings is 1. The maximum atomic E-state index is 13.2. The molecule has 7 heteroatoms. The maximum absolute atomic E-state index is 13.2. The number of halogens is 3. The first-order chi connectivity index (χ1) is 14.4. The number of amides is 2. The zero-order chi connectivity index (χ0) is 21.7. The third-order valence-electron chi connectivity index (χ3n) is 5.76. The molecule has 1 saturated heterocycles. The molecule has 0 spiro atoms. The first-order valence-electron chi connectivity index (χ1n) is 10.3. The van der Waals surface area contributed by atoms with E-state index in [0.717, 1.165) is 37.1 Å². The summed E-state index contributed by atoms with van der Waals surface area (Å²) < 4.78 is 0. The van der Waals surface area contributed by atoms with Crippen LogP contribution in [0.5, 0.6) is 0 Å². The highest BCUT2D eigenvalue weighted by atomic mass is 35.5. The minimum absolute atomic E-state index is 0.0415. The second-order valence-corrected chi connectivity index (χ2v) is 9.18. The van der Waals surface area contributed by atoms with Crippen LogP contribution in [0.25, 0.3) is 0 Å². The summed E-state index contributed by atoms with van der Waals surface area (Å²) in [4.78, 5) is 17.5. The third-order valence-corrected chi connectivity index (χ3v) is 6.96. The maximum Gasteiger partial charge on any atom is 0.317 e. The molecular weight excluding hydrogens is 441 g/mol. The van der Waals surface area contributed by atoms with Gasteiger partial charge in [0.05, 0.1) is 10.0 Å². The van der Waals surface area contributed by atoms with E-state index < -0.39 is 0 Å². The predicted molar refractivity (Wildman–Crippen MR) is 126 cm³/mol. The summed E-state index contributed by atoms with van der Waals surface area (Å²) in [6.45, 7) is 4.96. The van der Waals surface area contributed by atoms with E-state index in [4.69, 9.17) is 34.8 Å². The lowest BCUT2D eigenvalue weighted by Crippen LogP contribution is -2.50. The average molecular weight is 469 g/mol. The smallest absolute Gasteiger partial charge is 0.317 e. The summed E-state index contributed by atoms with van der Waals surface area (Å²) in [5.41, 5.74) is 1.89. The Morgan fingerprint density at radius 3 is 2.47 bits per heavy atom. The summed E-state index contributed by atoms with van der Waals surface area (Å²) in [6.07, 6.45) is 1.90. The van der Waals surface area contributed by atoms with Crippen molar-refractivity contribution in [1.29, 1.82) is 0 Å². The Bertz CT molecular complexity index is 869. The number of likely N-dealkylation sites (tertiary alicyclic amines) is 1. The van der Waals surface area contributed by atoms with Gasteiger partial charge in [-0.05, 0) is 56.2 Å². The van der Waals surface area contributed by atoms with Crippen LogP contribution >= 0.6 is 34.8 Å². The Labute approximate surface area is 194 Å². The second kappa shape index (κ2) is 10.7. The van der Waals surface area contributed by atoms with E-state index in [1.54, 1.807) is 6.07 Å². The van der Waals surface area contributed by atoms with Gasteiger partial charge in [-0.25, -0.2) is 4.79 Å². The fourth-order valence-electron chi connectivity index (χ4n) is 3.84. The third kappa shape index (κ3) is 5.82. The molecule has 2 amide bonds. The molecular formula is C23H28Cl3N3O. The lowest BCUT2D eigenvalue weighted by molar-refractivity contribution is 0.127. The number of hydrogen-bond donors (Lipinski definition) is 1. The topological polar surface area (TPSA) is 35.6 Å². The van der Waals surface area contributed by atoms with Gasteiger partial charge in [-0.2, -0.15) is 0 Å². The van der Waals surface area contributed by atoms with Gasteiger partial charge in [0, 0.05) is 30.1 Å². The summed E-state index contributed by atoms with van der Waals surface area (Å²) in [5, 5.41) is 4.86. The van der Waals surface area contributed by atoms with Crippen molar-refractivity contribution in [3.63, 3.8) is 0 Å². The van der Waals surface area contributed by atoms with E-state index in [-0.39, 0.29) is 18.0 Å². The van der Waals surface area contributed by atoms with Crippen molar-refractivity contribution in [1.82, 2.24) is 15.1 Å². The van der Waals surface area contributed by atoms with Crippen LogP contribution in [0.3, 0.4) is 0 Å². The number of nitrogens with one attached hydrogen (secondary N) is 1. The van der Waals surface area contributed by atoms with E-state index in [0.29, 0.717) is 28.2 Å². The van der Waals surface area contributed by atoms with Crippen molar-refractivity contribution in [2.24, 2.45) is 0 Å². The van der Waals surface area contributed by atoms with Crippen molar-refractivity contribution in [3.05, 3.63) is 68.7 Å². The van der Waals surface area contributed by atoms with Crippen molar-refractivity contribution < 1.29 is 4.79 Å². The van der Waals surface area contributed by atoms with Crippen molar-refractivity contribution in [2.45, 2.75) is 38.3 Å². The van der Waals surface area contributed by atoms with E-state index in [2.05, 4.69) is 17.3 Å². The standard InChI is InChI=1S/C23H28Cl3N3O/c1-16(19-7-5-9-21(25)22(19)26)14-27-23(30)29(18-10-12-28(2)13-11-18)15-17-6-3-4-8-20(17)24/h3-9,16,18H,10-15H2,1-2H3,(H,27,30). The normalized spacial score (nSPS) is 16.3. The SMILES string of the molecule is CC(CNC(=O)N(Cc1ccccc1Cl)C1CCN(C)CC1)c1cccc(Cl)c1Cl. The Morgan fingerprint density at radius 1 is 1.10 bits per heavy atom. The van der Waals surface area contributed by atoms with Crippen LogP contribution in [-0.2, 0) is 6.54 Å². The highest BCUT2D eigenvalue weighted by molar-refractivity contribution is 6.42. The molecule has 2 aromatic rings. The number of carbonyl (C=O) groups is 1. The molecule has 0 aliphatic carbocycles. The van der Waals surface area contributed by atoms with Crippen molar-refractivity contribution in [2.75, 3.05) is 26.7 Å². The van der Waals surface area contributed by atoms with Gasteiger partial charge in [-0.3, -0.25) is 0 Å². The molecule has 1 unspecified atom stereocenters. The molecule has 162 valence electrons. The van der Waals surface area contributed by atoms with Gasteiger partial charge in [0.1, 0.15) is 0 Å². The molecule has 1 atom stereocenters. The van der Waals surface area contributed by atoms with E-state index in [9.17, 15) is 4.79 Å². The van der Waals surface area contributed by atoms with Crippen LogP contribution in [0.2, 0.25) is 15.1 Å². The molecule has 4 nitrogen and oxygen atoms in total. The fraction of sp³-hybridized carbons (Fsp3) is 0.435. The van der Waals surface area contributed by atoms with Gasteiger partial charge in [0.2, 0.25) is 0 Å². The number of benzene rings is 2. The molecule has 1 heterocycles. The van der Waals surface area contributed by atoms with Gasteiger partial charge >= 0.3 is 6.03 Å². The molecule has 1 aliphatic rings. The molecule has 1 N–H and O–H groups in total. The summed E-state index contributed by atoms with van der Waals surface area (Å²) in [7, 11) is 2.12. The van der Waals surface area contributed by atoms with Crippen molar-refractivity contribution >= 4 is 40.8 Å². The van der Waals surface area contributed by atoms with Gasteiger partial charge in [-0.1, -0.05) is 72.1 Å². The minimum Gasteiger partial charge on any atom is -0.337 e. The number of urea groups is 1. The molecule has 30 heavy (non-hydrogen) atoms. The molecule has 0 saturated carbocycles. The van der Waals surface area contributed by atoms with Crippen molar-refractivity contribution in [3.8, 4) is 0 Å². The van der Waals surface area contributed by atoms with E-state index in [1.165, 1.54) is 0 Å². The molecule has 2 aromatic carbocycles. The monoisotopic (exact) mass is 467 g/mol. The van der Waals surface area contributed by atoms with Gasteiger partial charge in [0.25, 0.3) is 0 Å². The van der Waals surface area contributed by atoms with Crippen LogP contribution < -0.4 is 5.32 Å². The number of carbonyl (C=O) groups excluding carboxylic acids is 1. The molecule has 0 aromatic heterocycles. The minimum atomic E-state index is -0.0746. The molecule has 1 fully saturated rings. The zero-order valence-electron chi connectivity index (χ0n) is 17.4. The fourth-order valence-corrected chi connectivity index (χ4v) is 4.53. The lowest BCUT2D eigenvalue weighted by atomic mass is 10.0. The molecule has 3 rings (SSSR count). The van der Waals surface area contributed by atoms with Crippen LogP contribution in [0.4, 0.5) is 4.79 Å². The number of nitrogens with zero attached hydrogens (tertiary/aromatic N) is 2. The summed E-state index contributed by atoms with van der Waals surface area (Å²) in [6, 6.07) is 13.4. The largest absolute Gasteiger partial charge is 0.337 e. The second-order valence-electron chi connectivity index (χ2n) is 7.98. The Balaban J connectivity index is 1.71. The number of hydrogen-bond acceptors (Lipinski definition) is 2. The molecule has 0 bridgehead atoms. The molecule has 0 radical (unpaired) electrons. The Kier molecular flexibility index (Phi) is 8.29. The van der Waals surface area contributed by atoms with Crippen LogP contribution in [0, 0.1) is 0 Å². The Morgan fingerprint density at radius 2 is 1.77 bits per heavy atom. The van der Waals surface area contributed by atoms with Gasteiger partial charge in [0.15, 0.2) is 0 Å². The highest BCUT2D eigenvalue weighted by Gasteiger charge is 2.28. The quantitative estimate of drug-likeness (QED) is 0.559. The predicted octanol–water partition coefficient (Wildman–Crippen LogP) is 6.06. The lowest BCUT2D eigenvalue weighted by Gasteiger charge is -2.37. The highest BCUT2D eigenvalue weighted by Crippen LogP contribution is 2.30. The Hall–Kier alpha value is -1.46. The number of rotatable bonds is 6. The zero-order valence-corrected chi connectivity index (χ0v) is 19.6.